The number of hydrogen-bond acceptors (Lipinski definition) is 6. The van der Waals surface area contributed by atoms with E-state index in [4.69, 9.17) is 16.7 Å². The number of amides is 1. The van der Waals surface area contributed by atoms with Gasteiger partial charge in [0.05, 0.1) is 11.9 Å². The highest BCUT2D eigenvalue weighted by molar-refractivity contribution is 6.31. The first kappa shape index (κ1) is 15.4. The van der Waals surface area contributed by atoms with Gasteiger partial charge in [-0.05, 0) is 25.0 Å². The number of anilines is 1. The second-order valence-corrected chi connectivity index (χ2v) is 5.57. The Kier molecular flexibility index (Phi) is 4.52. The second-order valence-electron chi connectivity index (χ2n) is 5.21. The molecule has 1 fully saturated rings. The summed E-state index contributed by atoms with van der Waals surface area (Å²) in [6.45, 7) is 0.979. The molecule has 3 rings (SSSR count). The molecule has 0 aliphatic carbocycles. The van der Waals surface area contributed by atoms with Gasteiger partial charge in [0.15, 0.2) is 5.15 Å². The summed E-state index contributed by atoms with van der Waals surface area (Å²) in [5, 5.41) is 20.0. The number of piperidine rings is 1. The van der Waals surface area contributed by atoms with Crippen LogP contribution in [0.3, 0.4) is 0 Å². The molecule has 1 aliphatic heterocycles. The molecule has 0 saturated carbocycles. The summed E-state index contributed by atoms with van der Waals surface area (Å²) in [6, 6.07) is 3.45. The molecule has 23 heavy (non-hydrogen) atoms. The van der Waals surface area contributed by atoms with Crippen molar-refractivity contribution >= 4 is 23.6 Å². The summed E-state index contributed by atoms with van der Waals surface area (Å²) >= 11 is 6.03. The molecule has 8 nitrogen and oxygen atoms in total. The van der Waals surface area contributed by atoms with Crippen LogP contribution in [0.5, 0.6) is 0 Å². The van der Waals surface area contributed by atoms with Crippen LogP contribution in [0.1, 0.15) is 12.8 Å². The van der Waals surface area contributed by atoms with Gasteiger partial charge in [-0.1, -0.05) is 11.6 Å². The number of nitrogens with one attached hydrogen (secondary N) is 1. The topological polar surface area (TPSA) is 104 Å². The smallest absolute Gasteiger partial charge is 0.407 e. The van der Waals surface area contributed by atoms with Crippen molar-refractivity contribution in [3.8, 4) is 11.3 Å². The summed E-state index contributed by atoms with van der Waals surface area (Å²) in [6.07, 6.45) is 3.95. The minimum absolute atomic E-state index is 0.0128. The van der Waals surface area contributed by atoms with Gasteiger partial charge in [-0.15, -0.1) is 5.10 Å². The Hall–Kier alpha value is -2.48. The van der Waals surface area contributed by atoms with Crippen molar-refractivity contribution in [2.75, 3.05) is 18.4 Å². The van der Waals surface area contributed by atoms with E-state index in [1.807, 2.05) is 0 Å². The van der Waals surface area contributed by atoms with Crippen LogP contribution in [-0.4, -0.2) is 55.4 Å². The van der Waals surface area contributed by atoms with Crippen LogP contribution in [0.4, 0.5) is 10.7 Å². The minimum atomic E-state index is -0.902. The maximum absolute atomic E-state index is 11.1. The van der Waals surface area contributed by atoms with E-state index in [1.165, 1.54) is 4.90 Å². The average molecular weight is 335 g/mol. The molecule has 1 atom stereocenters. The number of nitrogens with zero attached hydrogens (tertiary/aromatic N) is 5. The van der Waals surface area contributed by atoms with E-state index >= 15 is 0 Å². The van der Waals surface area contributed by atoms with Crippen LogP contribution < -0.4 is 5.32 Å². The number of likely N-dealkylation sites (tertiary alicyclic amines) is 1. The fraction of sp³-hybridized carbons (Fsp3) is 0.357. The largest absolute Gasteiger partial charge is 0.465 e. The third-order valence-electron chi connectivity index (χ3n) is 3.63. The molecular formula is C14H15ClN6O2. The van der Waals surface area contributed by atoms with Crippen LogP contribution in [0, 0.1) is 0 Å². The molecule has 3 heterocycles. The monoisotopic (exact) mass is 334 g/mol. The molecule has 0 radical (unpaired) electrons. The van der Waals surface area contributed by atoms with Crippen LogP contribution >= 0.6 is 11.6 Å². The van der Waals surface area contributed by atoms with Crippen LogP contribution in [0.2, 0.25) is 5.15 Å². The van der Waals surface area contributed by atoms with Gasteiger partial charge < -0.3 is 15.3 Å². The van der Waals surface area contributed by atoms with E-state index in [9.17, 15) is 4.79 Å². The lowest BCUT2D eigenvalue weighted by Gasteiger charge is -2.31. The Morgan fingerprint density at radius 1 is 1.39 bits per heavy atom. The second kappa shape index (κ2) is 6.74. The summed E-state index contributed by atoms with van der Waals surface area (Å²) in [5.41, 5.74) is 1.30. The Balaban J connectivity index is 1.76. The lowest BCUT2D eigenvalue weighted by molar-refractivity contribution is 0.132. The van der Waals surface area contributed by atoms with Crippen molar-refractivity contribution in [1.82, 2.24) is 25.1 Å². The molecule has 2 aromatic rings. The molecule has 1 amide bonds. The highest BCUT2D eigenvalue weighted by Crippen LogP contribution is 2.24. The molecule has 0 aromatic carbocycles. The summed E-state index contributed by atoms with van der Waals surface area (Å²) in [7, 11) is 0. The van der Waals surface area contributed by atoms with Crippen molar-refractivity contribution in [2.45, 2.75) is 18.9 Å². The van der Waals surface area contributed by atoms with Crippen molar-refractivity contribution < 1.29 is 9.90 Å². The van der Waals surface area contributed by atoms with E-state index in [0.717, 1.165) is 12.8 Å². The van der Waals surface area contributed by atoms with Crippen molar-refractivity contribution in [3.63, 3.8) is 0 Å². The van der Waals surface area contributed by atoms with Crippen LogP contribution in [0.25, 0.3) is 11.3 Å². The zero-order valence-corrected chi connectivity index (χ0v) is 12.9. The van der Waals surface area contributed by atoms with Gasteiger partial charge in [0.2, 0.25) is 5.95 Å². The van der Waals surface area contributed by atoms with Gasteiger partial charge in [-0.2, -0.15) is 5.10 Å². The van der Waals surface area contributed by atoms with Crippen molar-refractivity contribution in [2.24, 2.45) is 0 Å². The molecule has 9 heteroatoms. The molecule has 0 bridgehead atoms. The molecule has 2 N–H and O–H groups in total. The molecule has 0 spiro atoms. The Bertz CT molecular complexity index is 713. The standard InChI is InChI=1S/C14H15ClN6O2/c15-12-10(3-6-17-20-12)11-4-5-16-13(19-11)18-9-2-1-7-21(8-9)14(22)23/h3-6,9H,1-2,7-8H2,(H,22,23)(H,16,18,19). The Labute approximate surface area is 137 Å². The molecule has 2 aromatic heterocycles. The SMILES string of the molecule is O=C(O)N1CCCC(Nc2nccc(-c3ccnnc3Cl)n2)C1. The molecule has 120 valence electrons. The maximum atomic E-state index is 11.1. The van der Waals surface area contributed by atoms with E-state index < -0.39 is 6.09 Å². The fourth-order valence-electron chi connectivity index (χ4n) is 2.54. The Morgan fingerprint density at radius 2 is 2.26 bits per heavy atom. The van der Waals surface area contributed by atoms with Crippen LogP contribution in [0.15, 0.2) is 24.5 Å². The van der Waals surface area contributed by atoms with E-state index in [1.54, 1.807) is 24.5 Å². The number of aromatic nitrogens is 4. The fourth-order valence-corrected chi connectivity index (χ4v) is 2.74. The number of hydrogen-bond donors (Lipinski definition) is 2. The number of rotatable bonds is 3. The zero-order chi connectivity index (χ0) is 16.2. The van der Waals surface area contributed by atoms with E-state index in [0.29, 0.717) is 30.3 Å². The minimum Gasteiger partial charge on any atom is -0.465 e. The first-order valence-electron chi connectivity index (χ1n) is 7.18. The maximum Gasteiger partial charge on any atom is 0.407 e. The van der Waals surface area contributed by atoms with E-state index in [-0.39, 0.29) is 11.2 Å². The molecule has 1 aliphatic rings. The van der Waals surface area contributed by atoms with Gasteiger partial charge in [0, 0.05) is 30.9 Å². The van der Waals surface area contributed by atoms with Gasteiger partial charge in [-0.25, -0.2) is 14.8 Å². The predicted octanol–water partition coefficient (Wildman–Crippen LogP) is 2.14. The first-order chi connectivity index (χ1) is 11.1. The Morgan fingerprint density at radius 3 is 3.04 bits per heavy atom. The van der Waals surface area contributed by atoms with Gasteiger partial charge in [-0.3, -0.25) is 0 Å². The number of carboxylic acid groups (broad SMARTS) is 1. The normalized spacial score (nSPS) is 17.8. The quantitative estimate of drug-likeness (QED) is 0.886. The van der Waals surface area contributed by atoms with Gasteiger partial charge in [0.25, 0.3) is 0 Å². The zero-order valence-electron chi connectivity index (χ0n) is 12.2. The average Bonchev–Trinajstić information content (AvgIpc) is 2.56. The number of halogens is 1. The van der Waals surface area contributed by atoms with Crippen LogP contribution in [-0.2, 0) is 0 Å². The molecular weight excluding hydrogens is 320 g/mol. The van der Waals surface area contributed by atoms with Gasteiger partial charge >= 0.3 is 6.09 Å². The predicted molar refractivity (Wildman–Crippen MR) is 84.3 cm³/mol. The highest BCUT2D eigenvalue weighted by Gasteiger charge is 2.23. The first-order valence-corrected chi connectivity index (χ1v) is 7.56. The number of carbonyl (C=O) groups is 1. The molecule has 1 saturated heterocycles. The summed E-state index contributed by atoms with van der Waals surface area (Å²) < 4.78 is 0. The van der Waals surface area contributed by atoms with Gasteiger partial charge in [0.1, 0.15) is 0 Å². The van der Waals surface area contributed by atoms with E-state index in [2.05, 4.69) is 25.5 Å². The third-order valence-corrected chi connectivity index (χ3v) is 3.91. The lowest BCUT2D eigenvalue weighted by Crippen LogP contribution is -2.44. The molecule has 1 unspecified atom stereocenters. The summed E-state index contributed by atoms with van der Waals surface area (Å²) in [5.74, 6) is 0.438. The highest BCUT2D eigenvalue weighted by atomic mass is 35.5. The van der Waals surface area contributed by atoms with Crippen molar-refractivity contribution in [1.29, 1.82) is 0 Å². The van der Waals surface area contributed by atoms with Crippen molar-refractivity contribution in [3.05, 3.63) is 29.7 Å². The summed E-state index contributed by atoms with van der Waals surface area (Å²) in [4.78, 5) is 21.1. The lowest BCUT2D eigenvalue weighted by atomic mass is 10.1. The third kappa shape index (κ3) is 3.65.